The SMILES string of the molecule is Nc1ccc(C2=CC=CCN2c2cc3oc(N4CCOCC4)nc3nc2C2CC2)cn1. The maximum absolute atomic E-state index is 6.15. The molecule has 2 fully saturated rings. The van der Waals surface area contributed by atoms with Crippen LogP contribution in [0.5, 0.6) is 0 Å². The predicted molar refractivity (Wildman–Crippen MR) is 120 cm³/mol. The summed E-state index contributed by atoms with van der Waals surface area (Å²) in [6.07, 6.45) is 10.5. The van der Waals surface area contributed by atoms with Crippen molar-refractivity contribution in [2.45, 2.75) is 18.8 Å². The van der Waals surface area contributed by atoms with Gasteiger partial charge in [0, 0.05) is 43.4 Å². The van der Waals surface area contributed by atoms with E-state index in [1.54, 1.807) is 0 Å². The van der Waals surface area contributed by atoms with Crippen LogP contribution in [-0.4, -0.2) is 47.8 Å². The number of nitrogen functional groups attached to an aromatic ring is 1. The fraction of sp³-hybridized carbons (Fsp3) is 0.348. The molecule has 0 spiro atoms. The molecule has 2 aliphatic heterocycles. The van der Waals surface area contributed by atoms with Crippen LogP contribution >= 0.6 is 0 Å². The van der Waals surface area contributed by atoms with Crippen molar-refractivity contribution in [3.05, 3.63) is 53.9 Å². The number of ether oxygens (including phenoxy) is 1. The van der Waals surface area contributed by atoms with Gasteiger partial charge in [0.2, 0.25) is 5.65 Å². The molecule has 0 amide bonds. The molecule has 8 nitrogen and oxygen atoms in total. The number of oxazole rings is 1. The lowest BCUT2D eigenvalue weighted by Gasteiger charge is -2.30. The number of allylic oxidation sites excluding steroid dienone is 2. The van der Waals surface area contributed by atoms with Gasteiger partial charge in [0.1, 0.15) is 5.82 Å². The molecule has 3 aliphatic rings. The minimum Gasteiger partial charge on any atom is -0.422 e. The first-order valence-electron chi connectivity index (χ1n) is 10.8. The highest BCUT2D eigenvalue weighted by Crippen LogP contribution is 2.46. The van der Waals surface area contributed by atoms with Crippen LogP contribution in [0, 0.1) is 0 Å². The second-order valence-electron chi connectivity index (χ2n) is 8.15. The number of pyridine rings is 2. The van der Waals surface area contributed by atoms with E-state index in [0.717, 1.165) is 55.1 Å². The van der Waals surface area contributed by atoms with Gasteiger partial charge in [-0.2, -0.15) is 4.98 Å². The van der Waals surface area contributed by atoms with E-state index >= 15 is 0 Å². The summed E-state index contributed by atoms with van der Waals surface area (Å²) in [5, 5.41) is 0. The number of aromatic nitrogens is 3. The van der Waals surface area contributed by atoms with Gasteiger partial charge in [0.25, 0.3) is 6.01 Å². The van der Waals surface area contributed by atoms with Crippen LogP contribution in [0.25, 0.3) is 16.9 Å². The Labute approximate surface area is 180 Å². The first-order valence-corrected chi connectivity index (χ1v) is 10.8. The average Bonchev–Trinajstić information content (AvgIpc) is 3.58. The van der Waals surface area contributed by atoms with Crippen molar-refractivity contribution in [3.63, 3.8) is 0 Å². The Balaban J connectivity index is 1.43. The zero-order chi connectivity index (χ0) is 20.8. The highest BCUT2D eigenvalue weighted by atomic mass is 16.5. The number of fused-ring (bicyclic) bond motifs is 1. The third-order valence-corrected chi connectivity index (χ3v) is 5.97. The Bertz CT molecular complexity index is 1170. The number of nitrogens with two attached hydrogens (primary N) is 1. The molecule has 0 aromatic carbocycles. The van der Waals surface area contributed by atoms with Crippen LogP contribution in [0.2, 0.25) is 0 Å². The van der Waals surface area contributed by atoms with Crippen LogP contribution in [0.4, 0.5) is 17.5 Å². The number of hydrogen-bond acceptors (Lipinski definition) is 8. The smallest absolute Gasteiger partial charge is 0.300 e. The summed E-state index contributed by atoms with van der Waals surface area (Å²) >= 11 is 0. The lowest BCUT2D eigenvalue weighted by atomic mass is 10.1. The van der Waals surface area contributed by atoms with Crippen LogP contribution in [0.1, 0.15) is 30.0 Å². The summed E-state index contributed by atoms with van der Waals surface area (Å²) < 4.78 is 11.6. The van der Waals surface area contributed by atoms with Crippen LogP contribution in [0.3, 0.4) is 0 Å². The fourth-order valence-electron chi connectivity index (χ4n) is 4.17. The molecule has 31 heavy (non-hydrogen) atoms. The lowest BCUT2D eigenvalue weighted by Crippen LogP contribution is -2.36. The molecule has 1 aliphatic carbocycles. The van der Waals surface area contributed by atoms with Crippen molar-refractivity contribution in [1.29, 1.82) is 0 Å². The third-order valence-electron chi connectivity index (χ3n) is 5.97. The van der Waals surface area contributed by atoms with E-state index in [1.165, 1.54) is 0 Å². The Kier molecular flexibility index (Phi) is 4.38. The molecule has 8 heteroatoms. The van der Waals surface area contributed by atoms with Gasteiger partial charge in [-0.1, -0.05) is 12.2 Å². The van der Waals surface area contributed by atoms with Crippen molar-refractivity contribution < 1.29 is 9.15 Å². The monoisotopic (exact) mass is 416 g/mol. The number of morpholine rings is 1. The molecule has 6 rings (SSSR count). The molecule has 0 atom stereocenters. The maximum Gasteiger partial charge on any atom is 0.300 e. The van der Waals surface area contributed by atoms with Crippen molar-refractivity contribution >= 4 is 34.4 Å². The number of nitrogens with zero attached hydrogens (tertiary/aromatic N) is 5. The topological polar surface area (TPSA) is 93.5 Å². The largest absolute Gasteiger partial charge is 0.422 e. The second-order valence-corrected chi connectivity index (χ2v) is 8.15. The summed E-state index contributed by atoms with van der Waals surface area (Å²) in [7, 11) is 0. The van der Waals surface area contributed by atoms with Gasteiger partial charge in [0.15, 0.2) is 5.58 Å². The van der Waals surface area contributed by atoms with Gasteiger partial charge in [-0.25, -0.2) is 9.97 Å². The minimum absolute atomic E-state index is 0.472. The summed E-state index contributed by atoms with van der Waals surface area (Å²) in [6.45, 7) is 3.70. The van der Waals surface area contributed by atoms with Crippen LogP contribution in [0.15, 0.2) is 47.0 Å². The highest BCUT2D eigenvalue weighted by molar-refractivity contribution is 5.86. The van der Waals surface area contributed by atoms with Crippen molar-refractivity contribution in [1.82, 2.24) is 15.0 Å². The molecule has 0 bridgehead atoms. The average molecular weight is 416 g/mol. The van der Waals surface area contributed by atoms with Crippen molar-refractivity contribution in [3.8, 4) is 0 Å². The van der Waals surface area contributed by atoms with E-state index in [2.05, 4.69) is 39.1 Å². The molecule has 1 saturated carbocycles. The normalized spacial score (nSPS) is 19.2. The summed E-state index contributed by atoms with van der Waals surface area (Å²) in [6, 6.07) is 6.57. The fourth-order valence-corrected chi connectivity index (χ4v) is 4.17. The molecule has 158 valence electrons. The van der Waals surface area contributed by atoms with E-state index in [9.17, 15) is 0 Å². The zero-order valence-corrected chi connectivity index (χ0v) is 17.2. The standard InChI is InChI=1S/C23H24N6O2/c24-20-7-6-16(14-25-20)17-3-1-2-8-29(17)18-13-19-22(26-21(18)15-4-5-15)27-23(31-19)28-9-11-30-12-10-28/h1-3,6-7,13-15H,4-5,8-12H2,(H2,24,25). The third kappa shape index (κ3) is 3.42. The Hall–Kier alpha value is -3.39. The second kappa shape index (κ2) is 7.39. The molecule has 2 N–H and O–H groups in total. The van der Waals surface area contributed by atoms with Gasteiger partial charge < -0.3 is 24.7 Å². The maximum atomic E-state index is 6.15. The molecule has 3 aromatic heterocycles. The first kappa shape index (κ1) is 18.4. The summed E-state index contributed by atoms with van der Waals surface area (Å²) in [4.78, 5) is 18.4. The van der Waals surface area contributed by atoms with Crippen LogP contribution in [-0.2, 0) is 4.74 Å². The van der Waals surface area contributed by atoms with E-state index in [0.29, 0.717) is 42.2 Å². The summed E-state index contributed by atoms with van der Waals surface area (Å²) in [5.74, 6) is 0.987. The Morgan fingerprint density at radius 2 is 1.97 bits per heavy atom. The van der Waals surface area contributed by atoms with Crippen LogP contribution < -0.4 is 15.5 Å². The van der Waals surface area contributed by atoms with Crippen molar-refractivity contribution in [2.24, 2.45) is 0 Å². The zero-order valence-electron chi connectivity index (χ0n) is 17.2. The van der Waals surface area contributed by atoms with Gasteiger partial charge in [-0.05, 0) is 31.1 Å². The Morgan fingerprint density at radius 3 is 2.74 bits per heavy atom. The van der Waals surface area contributed by atoms with E-state index < -0.39 is 0 Å². The first-order chi connectivity index (χ1) is 15.3. The number of rotatable bonds is 4. The van der Waals surface area contributed by atoms with Crippen molar-refractivity contribution in [2.75, 3.05) is 48.4 Å². The lowest BCUT2D eigenvalue weighted by molar-refractivity contribution is 0.120. The van der Waals surface area contributed by atoms with E-state index in [1.807, 2.05) is 18.3 Å². The molecular weight excluding hydrogens is 392 g/mol. The molecule has 1 saturated heterocycles. The number of anilines is 3. The van der Waals surface area contributed by atoms with Gasteiger partial charge in [-0.15, -0.1) is 0 Å². The predicted octanol–water partition coefficient (Wildman–Crippen LogP) is 3.33. The molecule has 0 unspecified atom stereocenters. The quantitative estimate of drug-likeness (QED) is 0.692. The van der Waals surface area contributed by atoms with Gasteiger partial charge in [0.05, 0.1) is 30.3 Å². The Morgan fingerprint density at radius 1 is 1.10 bits per heavy atom. The van der Waals surface area contributed by atoms with Gasteiger partial charge >= 0.3 is 0 Å². The molecule has 0 radical (unpaired) electrons. The van der Waals surface area contributed by atoms with Gasteiger partial charge in [-0.3, -0.25) is 0 Å². The molecule has 5 heterocycles. The highest BCUT2D eigenvalue weighted by Gasteiger charge is 2.32. The molecular formula is C23H24N6O2. The number of hydrogen-bond donors (Lipinski definition) is 1. The summed E-state index contributed by atoms with van der Waals surface area (Å²) in [5.41, 5.74) is 11.5. The van der Waals surface area contributed by atoms with E-state index in [4.69, 9.17) is 24.9 Å². The molecule has 3 aromatic rings. The van der Waals surface area contributed by atoms with E-state index in [-0.39, 0.29) is 0 Å². The minimum atomic E-state index is 0.472.